The van der Waals surface area contributed by atoms with Gasteiger partial charge in [0.2, 0.25) is 5.91 Å². The Labute approximate surface area is 170 Å². The lowest BCUT2D eigenvalue weighted by molar-refractivity contribution is -0.134. The second kappa shape index (κ2) is 9.41. The minimum Gasteiger partial charge on any atom is -0.368 e. The molecule has 156 valence electrons. The largest absolute Gasteiger partial charge is 0.368 e. The van der Waals surface area contributed by atoms with E-state index in [2.05, 4.69) is 32.9 Å². The highest BCUT2D eigenvalue weighted by Gasteiger charge is 2.47. The molecule has 2 saturated heterocycles. The summed E-state index contributed by atoms with van der Waals surface area (Å²) in [6, 6.07) is 10.3. The molecular weight excluding hydrogens is 350 g/mol. The molecule has 2 aliphatic heterocycles. The number of carbonyl (C=O) groups is 1. The van der Waals surface area contributed by atoms with Gasteiger partial charge < -0.3 is 14.4 Å². The lowest BCUT2D eigenvalue weighted by Gasteiger charge is -2.30. The standard InChI is InChI=1S/C24H37NO3/c1-4-5-6-7-8-12-15-21(20-13-10-9-11-14-20)22(26)25(16-23(2)18-27-23)17-24(3)19-28-24/h9-11,13-14,21H,4-8,12,15-19H2,1-3H3. The molecule has 3 unspecified atom stereocenters. The summed E-state index contributed by atoms with van der Waals surface area (Å²) >= 11 is 0. The average Bonchev–Trinajstić information content (AvgIpc) is 3.60. The maximum absolute atomic E-state index is 13.6. The highest BCUT2D eigenvalue weighted by Crippen LogP contribution is 2.34. The quantitative estimate of drug-likeness (QED) is 0.356. The Morgan fingerprint density at radius 3 is 2.04 bits per heavy atom. The Kier molecular flexibility index (Phi) is 7.16. The van der Waals surface area contributed by atoms with Gasteiger partial charge in [-0.1, -0.05) is 75.8 Å². The molecule has 3 atom stereocenters. The van der Waals surface area contributed by atoms with Crippen LogP contribution in [0.25, 0.3) is 0 Å². The van der Waals surface area contributed by atoms with E-state index in [9.17, 15) is 4.79 Å². The van der Waals surface area contributed by atoms with Crippen molar-refractivity contribution in [3.8, 4) is 0 Å². The molecule has 0 N–H and O–H groups in total. The third kappa shape index (κ3) is 6.31. The smallest absolute Gasteiger partial charge is 0.230 e. The van der Waals surface area contributed by atoms with Gasteiger partial charge in [0.15, 0.2) is 0 Å². The first kappa shape index (κ1) is 21.3. The van der Waals surface area contributed by atoms with E-state index in [1.165, 1.54) is 32.1 Å². The Balaban J connectivity index is 1.66. The first-order valence-corrected chi connectivity index (χ1v) is 11.1. The van der Waals surface area contributed by atoms with Gasteiger partial charge in [-0.3, -0.25) is 4.79 Å². The fourth-order valence-corrected chi connectivity index (χ4v) is 3.92. The summed E-state index contributed by atoms with van der Waals surface area (Å²) in [6.07, 6.45) is 8.38. The van der Waals surface area contributed by atoms with Gasteiger partial charge >= 0.3 is 0 Å². The van der Waals surface area contributed by atoms with Gasteiger partial charge in [-0.15, -0.1) is 0 Å². The average molecular weight is 388 g/mol. The van der Waals surface area contributed by atoms with Crippen LogP contribution in [-0.4, -0.2) is 48.3 Å². The molecule has 2 fully saturated rings. The number of hydrogen-bond acceptors (Lipinski definition) is 3. The molecule has 3 rings (SSSR count). The topological polar surface area (TPSA) is 45.4 Å². The number of ether oxygens (including phenoxy) is 2. The van der Waals surface area contributed by atoms with Crippen LogP contribution in [0, 0.1) is 0 Å². The van der Waals surface area contributed by atoms with Crippen molar-refractivity contribution in [2.75, 3.05) is 26.3 Å². The first-order valence-electron chi connectivity index (χ1n) is 11.1. The lowest BCUT2D eigenvalue weighted by Crippen LogP contribution is -2.45. The van der Waals surface area contributed by atoms with Crippen LogP contribution in [0.5, 0.6) is 0 Å². The molecule has 0 bridgehead atoms. The van der Waals surface area contributed by atoms with Crippen molar-refractivity contribution >= 4 is 5.91 Å². The number of rotatable bonds is 13. The SMILES string of the molecule is CCCCCCCCC(C(=O)N(CC1(C)CO1)CC1(C)CO1)c1ccccc1. The molecule has 2 aliphatic rings. The van der Waals surface area contributed by atoms with Gasteiger partial charge in [0.25, 0.3) is 0 Å². The van der Waals surface area contributed by atoms with Crippen LogP contribution in [0.4, 0.5) is 0 Å². The van der Waals surface area contributed by atoms with E-state index >= 15 is 0 Å². The van der Waals surface area contributed by atoms with Crippen LogP contribution in [0.1, 0.15) is 77.2 Å². The molecule has 0 aromatic heterocycles. The van der Waals surface area contributed by atoms with Crippen molar-refractivity contribution in [3.05, 3.63) is 35.9 Å². The highest BCUT2D eigenvalue weighted by molar-refractivity contribution is 5.84. The normalized spacial score (nSPS) is 26.7. The number of carbonyl (C=O) groups excluding carboxylic acids is 1. The third-order valence-corrected chi connectivity index (χ3v) is 5.98. The predicted molar refractivity (Wildman–Crippen MR) is 112 cm³/mol. The molecular formula is C24H37NO3. The van der Waals surface area contributed by atoms with Gasteiger partial charge in [0.05, 0.1) is 32.2 Å². The van der Waals surface area contributed by atoms with E-state index in [0.717, 1.165) is 31.6 Å². The number of benzene rings is 1. The summed E-state index contributed by atoms with van der Waals surface area (Å²) in [7, 11) is 0. The van der Waals surface area contributed by atoms with E-state index in [4.69, 9.17) is 9.47 Å². The summed E-state index contributed by atoms with van der Waals surface area (Å²) in [4.78, 5) is 15.6. The van der Waals surface area contributed by atoms with E-state index in [1.807, 2.05) is 23.1 Å². The number of nitrogens with zero attached hydrogens (tertiary/aromatic N) is 1. The maximum Gasteiger partial charge on any atom is 0.230 e. The Morgan fingerprint density at radius 1 is 0.964 bits per heavy atom. The zero-order chi connectivity index (χ0) is 20.0. The molecule has 1 amide bonds. The number of hydrogen-bond donors (Lipinski definition) is 0. The molecule has 1 aromatic carbocycles. The maximum atomic E-state index is 13.6. The van der Waals surface area contributed by atoms with Gasteiger partial charge in [0.1, 0.15) is 11.2 Å². The van der Waals surface area contributed by atoms with Crippen LogP contribution in [0.2, 0.25) is 0 Å². The number of unbranched alkanes of at least 4 members (excludes halogenated alkanes) is 5. The predicted octanol–water partition coefficient (Wildman–Crippen LogP) is 4.93. The number of epoxide rings is 2. The van der Waals surface area contributed by atoms with E-state index < -0.39 is 0 Å². The van der Waals surface area contributed by atoms with E-state index in [1.54, 1.807) is 0 Å². The van der Waals surface area contributed by atoms with Crippen LogP contribution < -0.4 is 0 Å². The fourth-order valence-electron chi connectivity index (χ4n) is 3.92. The third-order valence-electron chi connectivity index (χ3n) is 5.98. The van der Waals surface area contributed by atoms with Crippen LogP contribution in [0.3, 0.4) is 0 Å². The minimum atomic E-state index is -0.178. The fraction of sp³-hybridized carbons (Fsp3) is 0.708. The molecule has 0 saturated carbocycles. The van der Waals surface area contributed by atoms with E-state index in [-0.39, 0.29) is 23.0 Å². The molecule has 1 aromatic rings. The van der Waals surface area contributed by atoms with E-state index in [0.29, 0.717) is 13.1 Å². The second-order valence-electron chi connectivity index (χ2n) is 9.19. The summed E-state index contributed by atoms with van der Waals surface area (Å²) in [5.41, 5.74) is 0.778. The molecule has 2 heterocycles. The Hall–Kier alpha value is -1.39. The van der Waals surface area contributed by atoms with Gasteiger partial charge in [-0.2, -0.15) is 0 Å². The molecule has 0 radical (unpaired) electrons. The highest BCUT2D eigenvalue weighted by atomic mass is 16.6. The van der Waals surface area contributed by atoms with Crippen molar-refractivity contribution in [1.29, 1.82) is 0 Å². The van der Waals surface area contributed by atoms with Crippen LogP contribution in [-0.2, 0) is 14.3 Å². The minimum absolute atomic E-state index is 0.0722. The summed E-state index contributed by atoms with van der Waals surface area (Å²) in [6.45, 7) is 9.22. The molecule has 0 spiro atoms. The zero-order valence-electron chi connectivity index (χ0n) is 17.9. The van der Waals surface area contributed by atoms with Crippen molar-refractivity contribution in [1.82, 2.24) is 4.90 Å². The number of amides is 1. The molecule has 28 heavy (non-hydrogen) atoms. The lowest BCUT2D eigenvalue weighted by atomic mass is 9.91. The molecule has 4 nitrogen and oxygen atoms in total. The van der Waals surface area contributed by atoms with Gasteiger partial charge in [-0.05, 0) is 25.8 Å². The van der Waals surface area contributed by atoms with Crippen molar-refractivity contribution in [2.45, 2.75) is 82.8 Å². The van der Waals surface area contributed by atoms with Crippen LogP contribution >= 0.6 is 0 Å². The monoisotopic (exact) mass is 387 g/mol. The van der Waals surface area contributed by atoms with Crippen molar-refractivity contribution in [3.63, 3.8) is 0 Å². The van der Waals surface area contributed by atoms with Crippen molar-refractivity contribution < 1.29 is 14.3 Å². The van der Waals surface area contributed by atoms with Crippen LogP contribution in [0.15, 0.2) is 30.3 Å². The molecule has 0 aliphatic carbocycles. The van der Waals surface area contributed by atoms with Gasteiger partial charge in [-0.25, -0.2) is 0 Å². The summed E-state index contributed by atoms with van der Waals surface area (Å²) < 4.78 is 11.2. The Morgan fingerprint density at radius 2 is 1.50 bits per heavy atom. The summed E-state index contributed by atoms with van der Waals surface area (Å²) in [5.74, 6) is 0.158. The Bertz CT molecular complexity index is 602. The van der Waals surface area contributed by atoms with Crippen molar-refractivity contribution in [2.24, 2.45) is 0 Å². The molecule has 4 heteroatoms. The second-order valence-corrected chi connectivity index (χ2v) is 9.19. The zero-order valence-corrected chi connectivity index (χ0v) is 17.9. The summed E-state index contributed by atoms with van der Waals surface area (Å²) in [5, 5.41) is 0. The van der Waals surface area contributed by atoms with Gasteiger partial charge in [0, 0.05) is 0 Å². The first-order chi connectivity index (χ1) is 13.4.